The first-order valence-corrected chi connectivity index (χ1v) is 10.8. The van der Waals surface area contributed by atoms with Gasteiger partial charge in [0.15, 0.2) is 0 Å². The van der Waals surface area contributed by atoms with Crippen molar-refractivity contribution in [3.63, 3.8) is 0 Å². The number of carbonyl (C=O) groups is 1. The highest BCUT2D eigenvalue weighted by Gasteiger charge is 2.43. The molecule has 2 aromatic rings. The normalized spacial score (nSPS) is 15.9. The molecule has 1 heterocycles. The van der Waals surface area contributed by atoms with Crippen LogP contribution in [-0.2, 0) is 0 Å². The van der Waals surface area contributed by atoms with Crippen LogP contribution in [0.25, 0.3) is 0 Å². The fourth-order valence-corrected chi connectivity index (χ4v) is 4.93. The molecule has 1 atom stereocenters. The van der Waals surface area contributed by atoms with Gasteiger partial charge in [0.2, 0.25) is 0 Å². The molecule has 2 aromatic carbocycles. The van der Waals surface area contributed by atoms with Crippen LogP contribution < -0.4 is 10.1 Å². The summed E-state index contributed by atoms with van der Waals surface area (Å²) in [6.45, 7) is 8.64. The predicted molar refractivity (Wildman–Crippen MR) is 119 cm³/mol. The van der Waals surface area contributed by atoms with Gasteiger partial charge < -0.3 is 10.1 Å². The number of ether oxygens (including phenoxy) is 1. The Balaban J connectivity index is 2.04. The molecule has 0 aliphatic carbocycles. The number of hydrogen-bond acceptors (Lipinski definition) is 3. The van der Waals surface area contributed by atoms with Crippen LogP contribution >= 0.6 is 0 Å². The number of rotatable bonds is 8. The van der Waals surface area contributed by atoms with Gasteiger partial charge >= 0.3 is 0 Å². The van der Waals surface area contributed by atoms with Gasteiger partial charge in [-0.05, 0) is 62.9 Å². The zero-order valence-electron chi connectivity index (χ0n) is 18.2. The van der Waals surface area contributed by atoms with Crippen molar-refractivity contribution in [3.8, 4) is 5.75 Å². The molecule has 1 aliphatic heterocycles. The largest absolute Gasteiger partial charge is 0.496 e. The highest BCUT2D eigenvalue weighted by molar-refractivity contribution is 5.98. The Hall–Kier alpha value is -2.33. The Morgan fingerprint density at radius 1 is 1.07 bits per heavy atom. The zero-order chi connectivity index (χ0) is 20.9. The second kappa shape index (κ2) is 9.45. The molecule has 3 rings (SSSR count). The molecule has 0 bridgehead atoms. The smallest absolute Gasteiger partial charge is 0.255 e. The lowest BCUT2D eigenvalue weighted by molar-refractivity contribution is 0.0544. The van der Waals surface area contributed by atoms with Gasteiger partial charge in [-0.15, -0.1) is 0 Å². The van der Waals surface area contributed by atoms with Gasteiger partial charge in [0, 0.05) is 5.54 Å². The Labute approximate surface area is 175 Å². The van der Waals surface area contributed by atoms with Crippen molar-refractivity contribution in [1.82, 2.24) is 10.2 Å². The van der Waals surface area contributed by atoms with Crippen LogP contribution in [-0.4, -0.2) is 36.5 Å². The molecule has 1 fully saturated rings. The highest BCUT2D eigenvalue weighted by atomic mass is 16.5. The van der Waals surface area contributed by atoms with E-state index in [0.29, 0.717) is 11.3 Å². The maximum absolute atomic E-state index is 13.5. The van der Waals surface area contributed by atoms with Gasteiger partial charge in [0.05, 0.1) is 18.7 Å². The first-order valence-electron chi connectivity index (χ1n) is 10.8. The summed E-state index contributed by atoms with van der Waals surface area (Å²) in [4.78, 5) is 16.1. The van der Waals surface area contributed by atoms with Crippen LogP contribution in [0.5, 0.6) is 5.75 Å². The third kappa shape index (κ3) is 4.18. The fraction of sp³-hybridized carbons (Fsp3) is 0.480. The van der Waals surface area contributed by atoms with E-state index in [2.05, 4.69) is 48.3 Å². The summed E-state index contributed by atoms with van der Waals surface area (Å²) in [7, 11) is 1.62. The molecule has 4 nitrogen and oxygen atoms in total. The second-order valence-electron chi connectivity index (χ2n) is 7.97. The van der Waals surface area contributed by atoms with Crippen LogP contribution in [0.2, 0.25) is 0 Å². The molecule has 1 aliphatic rings. The average molecular weight is 395 g/mol. The van der Waals surface area contributed by atoms with E-state index in [9.17, 15) is 4.79 Å². The summed E-state index contributed by atoms with van der Waals surface area (Å²) in [6, 6.07) is 16.1. The van der Waals surface area contributed by atoms with Gasteiger partial charge in [-0.1, -0.05) is 56.3 Å². The van der Waals surface area contributed by atoms with Crippen LogP contribution in [0.1, 0.15) is 67.1 Å². The number of carbonyl (C=O) groups excluding carboxylic acids is 1. The van der Waals surface area contributed by atoms with Crippen molar-refractivity contribution in [3.05, 3.63) is 65.2 Å². The molecular weight excluding hydrogens is 360 g/mol. The number of benzene rings is 2. The SMILES string of the molecule is CCC(CC)(C(NC(=O)c1c(C)cccc1OC)c1ccccc1)N1CCCC1. The third-order valence-corrected chi connectivity index (χ3v) is 6.59. The summed E-state index contributed by atoms with van der Waals surface area (Å²) >= 11 is 0. The van der Waals surface area contributed by atoms with Crippen molar-refractivity contribution in [2.75, 3.05) is 20.2 Å². The quantitative estimate of drug-likeness (QED) is 0.675. The standard InChI is InChI=1S/C25H34N2O2/c1-5-25(6-2,27-17-10-11-18-27)23(20-14-8-7-9-15-20)26-24(28)22-19(3)13-12-16-21(22)29-4/h7-9,12-16,23H,5-6,10-11,17-18H2,1-4H3,(H,26,28). The summed E-state index contributed by atoms with van der Waals surface area (Å²) < 4.78 is 5.50. The van der Waals surface area contributed by atoms with Gasteiger partial charge in [-0.25, -0.2) is 0 Å². The first kappa shape index (κ1) is 21.4. The van der Waals surface area contributed by atoms with E-state index in [1.165, 1.54) is 12.8 Å². The molecular formula is C25H34N2O2. The van der Waals surface area contributed by atoms with Gasteiger partial charge in [-0.3, -0.25) is 9.69 Å². The Bertz CT molecular complexity index is 809. The fourth-order valence-electron chi connectivity index (χ4n) is 4.93. The molecule has 0 radical (unpaired) electrons. The molecule has 1 amide bonds. The number of aryl methyl sites for hydroxylation is 1. The number of nitrogens with zero attached hydrogens (tertiary/aromatic N) is 1. The van der Waals surface area contributed by atoms with E-state index in [1.54, 1.807) is 7.11 Å². The second-order valence-corrected chi connectivity index (χ2v) is 7.97. The Morgan fingerprint density at radius 2 is 1.72 bits per heavy atom. The van der Waals surface area contributed by atoms with Crippen molar-refractivity contribution < 1.29 is 9.53 Å². The molecule has 1 N–H and O–H groups in total. The van der Waals surface area contributed by atoms with E-state index in [4.69, 9.17) is 4.74 Å². The maximum atomic E-state index is 13.5. The van der Waals surface area contributed by atoms with E-state index in [0.717, 1.165) is 37.1 Å². The molecule has 0 saturated carbocycles. The van der Waals surface area contributed by atoms with Gasteiger partial charge in [0.25, 0.3) is 5.91 Å². The van der Waals surface area contributed by atoms with Crippen LogP contribution in [0.15, 0.2) is 48.5 Å². The third-order valence-electron chi connectivity index (χ3n) is 6.59. The molecule has 1 saturated heterocycles. The number of likely N-dealkylation sites (tertiary alicyclic amines) is 1. The minimum atomic E-state index is -0.108. The first-order chi connectivity index (χ1) is 14.1. The minimum Gasteiger partial charge on any atom is -0.496 e. The van der Waals surface area contributed by atoms with Gasteiger partial charge in [0.1, 0.15) is 5.75 Å². The monoisotopic (exact) mass is 394 g/mol. The number of hydrogen-bond donors (Lipinski definition) is 1. The van der Waals surface area contributed by atoms with Crippen molar-refractivity contribution in [1.29, 1.82) is 0 Å². The summed E-state index contributed by atoms with van der Waals surface area (Å²) in [5, 5.41) is 3.42. The van der Waals surface area contributed by atoms with Crippen LogP contribution in [0, 0.1) is 6.92 Å². The van der Waals surface area contributed by atoms with E-state index in [1.807, 2.05) is 31.2 Å². The maximum Gasteiger partial charge on any atom is 0.255 e. The zero-order valence-corrected chi connectivity index (χ0v) is 18.2. The summed E-state index contributed by atoms with van der Waals surface area (Å²) in [5.41, 5.74) is 2.60. The molecule has 29 heavy (non-hydrogen) atoms. The van der Waals surface area contributed by atoms with Crippen LogP contribution in [0.3, 0.4) is 0 Å². The minimum absolute atomic E-state index is 0.0701. The van der Waals surface area contributed by atoms with Crippen LogP contribution in [0.4, 0.5) is 0 Å². The molecule has 0 aromatic heterocycles. The summed E-state index contributed by atoms with van der Waals surface area (Å²) in [6.07, 6.45) is 4.41. The van der Waals surface area contributed by atoms with Crippen molar-refractivity contribution in [2.45, 2.75) is 58.0 Å². The molecule has 1 unspecified atom stereocenters. The van der Waals surface area contributed by atoms with Crippen molar-refractivity contribution in [2.24, 2.45) is 0 Å². The van der Waals surface area contributed by atoms with Gasteiger partial charge in [-0.2, -0.15) is 0 Å². The number of nitrogens with one attached hydrogen (secondary N) is 1. The van der Waals surface area contributed by atoms with E-state index in [-0.39, 0.29) is 17.5 Å². The van der Waals surface area contributed by atoms with E-state index < -0.39 is 0 Å². The highest BCUT2D eigenvalue weighted by Crippen LogP contribution is 2.40. The Kier molecular flexibility index (Phi) is 6.96. The summed E-state index contributed by atoms with van der Waals surface area (Å²) in [5.74, 6) is 0.549. The van der Waals surface area contributed by atoms with E-state index >= 15 is 0 Å². The average Bonchev–Trinajstić information content (AvgIpc) is 3.29. The van der Waals surface area contributed by atoms with Crippen molar-refractivity contribution >= 4 is 5.91 Å². The Morgan fingerprint density at radius 3 is 2.31 bits per heavy atom. The molecule has 4 heteroatoms. The lowest BCUT2D eigenvalue weighted by Gasteiger charge is -2.47. The predicted octanol–water partition coefficient (Wildman–Crippen LogP) is 5.13. The lowest BCUT2D eigenvalue weighted by Crippen LogP contribution is -2.56. The topological polar surface area (TPSA) is 41.6 Å². The molecule has 156 valence electrons. The lowest BCUT2D eigenvalue weighted by atomic mass is 9.79. The molecule has 0 spiro atoms. The number of amides is 1. The number of methoxy groups -OCH3 is 1.